The molecule has 2 N–H and O–H groups in total. The summed E-state index contributed by atoms with van der Waals surface area (Å²) in [5, 5.41) is 3.87. The van der Waals surface area contributed by atoms with E-state index >= 15 is 0 Å². The van der Waals surface area contributed by atoms with Gasteiger partial charge >= 0.3 is 0 Å². The van der Waals surface area contributed by atoms with Crippen molar-refractivity contribution in [2.24, 2.45) is 11.7 Å². The topological polar surface area (TPSA) is 83.4 Å². The van der Waals surface area contributed by atoms with Crippen molar-refractivity contribution in [2.45, 2.75) is 26.0 Å². The maximum atomic E-state index is 5.91. The first-order valence-corrected chi connectivity index (χ1v) is 5.47. The second-order valence-corrected chi connectivity index (χ2v) is 4.19. The average Bonchev–Trinajstić information content (AvgIpc) is 2.78. The molecule has 0 saturated carbocycles. The maximum Gasteiger partial charge on any atom is 0.243 e. The Labute approximate surface area is 94.1 Å². The van der Waals surface area contributed by atoms with Gasteiger partial charge in [-0.3, -0.25) is 0 Å². The minimum Gasteiger partial charge on any atom is -0.376 e. The summed E-state index contributed by atoms with van der Waals surface area (Å²) < 4.78 is 15.9. The standard InChI is InChI=1S/C10H17N3O3/c1-6(2)8(11)10-12-9(13-16-10)7-5-14-3-4-15-7/h6-8H,3-5,11H2,1-2H3. The van der Waals surface area contributed by atoms with Crippen LogP contribution in [0.5, 0.6) is 0 Å². The van der Waals surface area contributed by atoms with Crippen LogP contribution in [0.2, 0.25) is 0 Å². The first kappa shape index (κ1) is 11.5. The Hall–Kier alpha value is -0.980. The third kappa shape index (κ3) is 2.40. The summed E-state index contributed by atoms with van der Waals surface area (Å²) in [6.07, 6.45) is -0.231. The number of nitrogens with zero attached hydrogens (tertiary/aromatic N) is 2. The molecular formula is C10H17N3O3. The molecule has 2 heterocycles. The van der Waals surface area contributed by atoms with Crippen molar-refractivity contribution in [1.82, 2.24) is 10.1 Å². The van der Waals surface area contributed by atoms with Gasteiger partial charge < -0.3 is 19.7 Å². The Balaban J connectivity index is 2.06. The fourth-order valence-corrected chi connectivity index (χ4v) is 1.44. The first-order valence-electron chi connectivity index (χ1n) is 5.47. The molecule has 1 saturated heterocycles. The second kappa shape index (κ2) is 4.90. The van der Waals surface area contributed by atoms with Crippen molar-refractivity contribution in [2.75, 3.05) is 19.8 Å². The van der Waals surface area contributed by atoms with Crippen molar-refractivity contribution in [3.63, 3.8) is 0 Å². The van der Waals surface area contributed by atoms with E-state index in [1.165, 1.54) is 0 Å². The molecule has 0 aromatic carbocycles. The quantitative estimate of drug-likeness (QED) is 0.822. The Kier molecular flexibility index (Phi) is 3.52. The van der Waals surface area contributed by atoms with Crippen LogP contribution >= 0.6 is 0 Å². The van der Waals surface area contributed by atoms with Crippen LogP contribution in [0.1, 0.15) is 37.7 Å². The van der Waals surface area contributed by atoms with Gasteiger partial charge in [0.05, 0.1) is 25.9 Å². The van der Waals surface area contributed by atoms with Crippen molar-refractivity contribution in [1.29, 1.82) is 0 Å². The Bertz CT molecular complexity index is 334. The van der Waals surface area contributed by atoms with Gasteiger partial charge in [0.15, 0.2) is 0 Å². The summed E-state index contributed by atoms with van der Waals surface area (Å²) in [5.41, 5.74) is 5.91. The van der Waals surface area contributed by atoms with E-state index in [-0.39, 0.29) is 18.1 Å². The summed E-state index contributed by atoms with van der Waals surface area (Å²) in [6, 6.07) is -0.231. The normalized spacial score (nSPS) is 23.6. The maximum absolute atomic E-state index is 5.91. The number of nitrogens with two attached hydrogens (primary N) is 1. The molecule has 0 radical (unpaired) electrons. The van der Waals surface area contributed by atoms with Gasteiger partial charge in [0.1, 0.15) is 6.10 Å². The highest BCUT2D eigenvalue weighted by molar-refractivity contribution is 4.96. The Morgan fingerprint density at radius 3 is 2.81 bits per heavy atom. The largest absolute Gasteiger partial charge is 0.376 e. The molecule has 1 aliphatic rings. The molecule has 6 heteroatoms. The molecule has 0 spiro atoms. The van der Waals surface area contributed by atoms with E-state index in [0.29, 0.717) is 31.5 Å². The molecule has 6 nitrogen and oxygen atoms in total. The van der Waals surface area contributed by atoms with Crippen LogP contribution in [0.3, 0.4) is 0 Å². The smallest absolute Gasteiger partial charge is 0.243 e. The van der Waals surface area contributed by atoms with Gasteiger partial charge in [-0.25, -0.2) is 0 Å². The monoisotopic (exact) mass is 227 g/mol. The molecule has 0 amide bonds. The molecule has 2 atom stereocenters. The van der Waals surface area contributed by atoms with E-state index in [0.717, 1.165) is 0 Å². The predicted octanol–water partition coefficient (Wildman–Crippen LogP) is 0.813. The van der Waals surface area contributed by atoms with E-state index in [1.54, 1.807) is 0 Å². The zero-order valence-corrected chi connectivity index (χ0v) is 9.55. The van der Waals surface area contributed by atoms with Crippen LogP contribution in [-0.4, -0.2) is 30.0 Å². The first-order chi connectivity index (χ1) is 7.68. The third-order valence-electron chi connectivity index (χ3n) is 2.56. The van der Waals surface area contributed by atoms with Crippen LogP contribution < -0.4 is 5.73 Å². The molecule has 16 heavy (non-hydrogen) atoms. The van der Waals surface area contributed by atoms with Gasteiger partial charge in [-0.05, 0) is 5.92 Å². The van der Waals surface area contributed by atoms with Gasteiger partial charge in [-0.2, -0.15) is 4.98 Å². The van der Waals surface area contributed by atoms with Crippen LogP contribution in [-0.2, 0) is 9.47 Å². The third-order valence-corrected chi connectivity index (χ3v) is 2.56. The minimum atomic E-state index is -0.231. The fraction of sp³-hybridized carbons (Fsp3) is 0.800. The van der Waals surface area contributed by atoms with E-state index < -0.39 is 0 Å². The number of aromatic nitrogens is 2. The second-order valence-electron chi connectivity index (χ2n) is 4.19. The summed E-state index contributed by atoms with van der Waals surface area (Å²) in [4.78, 5) is 4.25. The number of hydrogen-bond acceptors (Lipinski definition) is 6. The van der Waals surface area contributed by atoms with Crippen molar-refractivity contribution >= 4 is 0 Å². The number of ether oxygens (including phenoxy) is 2. The minimum absolute atomic E-state index is 0.231. The SMILES string of the molecule is CC(C)C(N)c1nc(C2COCCO2)no1. The summed E-state index contributed by atoms with van der Waals surface area (Å²) in [5.74, 6) is 1.24. The van der Waals surface area contributed by atoms with Crippen molar-refractivity contribution < 1.29 is 14.0 Å². The summed E-state index contributed by atoms with van der Waals surface area (Å²) in [6.45, 7) is 5.66. The molecule has 1 aromatic rings. The lowest BCUT2D eigenvalue weighted by atomic mass is 10.1. The van der Waals surface area contributed by atoms with Crippen LogP contribution in [0.4, 0.5) is 0 Å². The molecule has 90 valence electrons. The van der Waals surface area contributed by atoms with E-state index in [1.807, 2.05) is 13.8 Å². The average molecular weight is 227 g/mol. The van der Waals surface area contributed by atoms with Gasteiger partial charge in [0, 0.05) is 0 Å². The Morgan fingerprint density at radius 1 is 1.38 bits per heavy atom. The zero-order chi connectivity index (χ0) is 11.5. The molecule has 2 unspecified atom stereocenters. The fourth-order valence-electron chi connectivity index (χ4n) is 1.44. The lowest BCUT2D eigenvalue weighted by Crippen LogP contribution is -2.23. The summed E-state index contributed by atoms with van der Waals surface area (Å²) in [7, 11) is 0. The van der Waals surface area contributed by atoms with Gasteiger partial charge in [0.25, 0.3) is 0 Å². The Morgan fingerprint density at radius 2 is 2.19 bits per heavy atom. The van der Waals surface area contributed by atoms with Gasteiger partial charge in [-0.15, -0.1) is 0 Å². The molecule has 1 aromatic heterocycles. The zero-order valence-electron chi connectivity index (χ0n) is 9.55. The van der Waals surface area contributed by atoms with Crippen LogP contribution in [0.15, 0.2) is 4.52 Å². The van der Waals surface area contributed by atoms with Crippen molar-refractivity contribution in [3.05, 3.63) is 11.7 Å². The van der Waals surface area contributed by atoms with E-state index in [4.69, 9.17) is 19.7 Å². The highest BCUT2D eigenvalue weighted by Crippen LogP contribution is 2.21. The summed E-state index contributed by atoms with van der Waals surface area (Å²) >= 11 is 0. The molecule has 0 aliphatic carbocycles. The van der Waals surface area contributed by atoms with Crippen LogP contribution in [0.25, 0.3) is 0 Å². The number of hydrogen-bond donors (Lipinski definition) is 1. The van der Waals surface area contributed by atoms with E-state index in [9.17, 15) is 0 Å². The highest BCUT2D eigenvalue weighted by Gasteiger charge is 2.25. The number of rotatable bonds is 3. The molecule has 0 bridgehead atoms. The molecule has 1 aliphatic heterocycles. The lowest BCUT2D eigenvalue weighted by Gasteiger charge is -2.19. The van der Waals surface area contributed by atoms with Crippen molar-refractivity contribution in [3.8, 4) is 0 Å². The molecule has 2 rings (SSSR count). The molecular weight excluding hydrogens is 210 g/mol. The van der Waals surface area contributed by atoms with Gasteiger partial charge in [0.2, 0.25) is 11.7 Å². The lowest BCUT2D eigenvalue weighted by molar-refractivity contribution is -0.0941. The van der Waals surface area contributed by atoms with Crippen LogP contribution in [0, 0.1) is 5.92 Å². The predicted molar refractivity (Wildman–Crippen MR) is 55.6 cm³/mol. The van der Waals surface area contributed by atoms with E-state index in [2.05, 4.69) is 10.1 Å². The highest BCUT2D eigenvalue weighted by atomic mass is 16.6. The van der Waals surface area contributed by atoms with Gasteiger partial charge in [-0.1, -0.05) is 19.0 Å². The molecule has 1 fully saturated rings.